The van der Waals surface area contributed by atoms with E-state index in [2.05, 4.69) is 15.8 Å². The molecule has 7 nitrogen and oxygen atoms in total. The fraction of sp³-hybridized carbons (Fsp3) is 0.0370. The first-order valence-corrected chi connectivity index (χ1v) is 10.5. The van der Waals surface area contributed by atoms with Gasteiger partial charge in [-0.2, -0.15) is 5.10 Å². The van der Waals surface area contributed by atoms with Crippen LogP contribution in [0.4, 0.5) is 5.69 Å². The molecule has 0 saturated carbocycles. The molecule has 7 heteroatoms. The van der Waals surface area contributed by atoms with Gasteiger partial charge in [-0.25, -0.2) is 10.2 Å². The molecule has 4 aromatic carbocycles. The Morgan fingerprint density at radius 2 is 1.50 bits per heavy atom. The Hall–Kier alpha value is -4.78. The standard InChI is InChI=1S/C27H21N3O4/c1-18-7-2-5-12-24(18)29-25(31)26(32)30-28-17-19-13-15-21(16-14-19)34-27(33)23-11-6-9-20-8-3-4-10-22(20)23/h2-17H,1H3,(H,29,31)(H,30,32)/b28-17-. The van der Waals surface area contributed by atoms with Gasteiger partial charge in [-0.3, -0.25) is 9.59 Å². The highest BCUT2D eigenvalue weighted by Crippen LogP contribution is 2.21. The van der Waals surface area contributed by atoms with E-state index in [1.807, 2.05) is 55.5 Å². The summed E-state index contributed by atoms with van der Waals surface area (Å²) in [6.07, 6.45) is 1.38. The van der Waals surface area contributed by atoms with Gasteiger partial charge in [-0.15, -0.1) is 0 Å². The number of para-hydroxylation sites is 1. The number of nitrogens with one attached hydrogen (secondary N) is 2. The van der Waals surface area contributed by atoms with E-state index in [1.165, 1.54) is 6.21 Å². The first kappa shape index (κ1) is 22.4. The molecule has 4 aromatic rings. The van der Waals surface area contributed by atoms with Crippen molar-refractivity contribution in [2.45, 2.75) is 6.92 Å². The fourth-order valence-corrected chi connectivity index (χ4v) is 3.30. The number of hydrogen-bond donors (Lipinski definition) is 2. The van der Waals surface area contributed by atoms with Crippen LogP contribution in [0.3, 0.4) is 0 Å². The van der Waals surface area contributed by atoms with Crippen LogP contribution < -0.4 is 15.5 Å². The van der Waals surface area contributed by atoms with Gasteiger partial charge in [-0.05, 0) is 65.2 Å². The van der Waals surface area contributed by atoms with Crippen molar-refractivity contribution in [2.75, 3.05) is 5.32 Å². The van der Waals surface area contributed by atoms with Gasteiger partial charge >= 0.3 is 17.8 Å². The van der Waals surface area contributed by atoms with Crippen molar-refractivity contribution in [3.63, 3.8) is 0 Å². The Labute approximate surface area is 196 Å². The number of anilines is 1. The smallest absolute Gasteiger partial charge is 0.344 e. The molecule has 0 aliphatic rings. The van der Waals surface area contributed by atoms with Crippen molar-refractivity contribution in [1.29, 1.82) is 0 Å². The molecular formula is C27H21N3O4. The number of rotatable bonds is 5. The summed E-state index contributed by atoms with van der Waals surface area (Å²) >= 11 is 0. The molecule has 0 aliphatic carbocycles. The first-order chi connectivity index (χ1) is 16.5. The zero-order valence-corrected chi connectivity index (χ0v) is 18.3. The Morgan fingerprint density at radius 1 is 0.794 bits per heavy atom. The lowest BCUT2D eigenvalue weighted by Crippen LogP contribution is -2.32. The van der Waals surface area contributed by atoms with E-state index in [4.69, 9.17) is 4.74 Å². The summed E-state index contributed by atoms with van der Waals surface area (Å²) in [7, 11) is 0. The Kier molecular flexibility index (Phi) is 6.74. The van der Waals surface area contributed by atoms with E-state index in [-0.39, 0.29) is 0 Å². The second kappa shape index (κ2) is 10.2. The number of esters is 1. The summed E-state index contributed by atoms with van der Waals surface area (Å²) in [5.74, 6) is -1.79. The molecule has 34 heavy (non-hydrogen) atoms. The molecule has 2 N–H and O–H groups in total. The molecule has 0 atom stereocenters. The monoisotopic (exact) mass is 451 g/mol. The van der Waals surface area contributed by atoms with Gasteiger partial charge in [-0.1, -0.05) is 54.6 Å². The topological polar surface area (TPSA) is 96.9 Å². The molecule has 0 radical (unpaired) electrons. The van der Waals surface area contributed by atoms with Gasteiger partial charge in [0.25, 0.3) is 0 Å². The molecule has 0 heterocycles. The van der Waals surface area contributed by atoms with Crippen molar-refractivity contribution in [1.82, 2.24) is 5.43 Å². The van der Waals surface area contributed by atoms with E-state index in [1.54, 1.807) is 42.5 Å². The number of carbonyl (C=O) groups excluding carboxylic acids is 3. The van der Waals surface area contributed by atoms with Gasteiger partial charge in [0.1, 0.15) is 5.75 Å². The largest absolute Gasteiger partial charge is 0.423 e. The number of fused-ring (bicyclic) bond motifs is 1. The van der Waals surface area contributed by atoms with Gasteiger partial charge in [0.2, 0.25) is 0 Å². The number of ether oxygens (including phenoxy) is 1. The maximum Gasteiger partial charge on any atom is 0.344 e. The van der Waals surface area contributed by atoms with Crippen LogP contribution in [0.5, 0.6) is 5.75 Å². The molecule has 4 rings (SSSR count). The van der Waals surface area contributed by atoms with E-state index >= 15 is 0 Å². The van der Waals surface area contributed by atoms with Gasteiger partial charge < -0.3 is 10.1 Å². The van der Waals surface area contributed by atoms with Gasteiger partial charge in [0, 0.05) is 5.69 Å². The van der Waals surface area contributed by atoms with Crippen molar-refractivity contribution < 1.29 is 19.1 Å². The molecule has 2 amide bonds. The van der Waals surface area contributed by atoms with Crippen LogP contribution >= 0.6 is 0 Å². The van der Waals surface area contributed by atoms with Crippen molar-refractivity contribution in [3.8, 4) is 5.75 Å². The lowest BCUT2D eigenvalue weighted by molar-refractivity contribution is -0.136. The molecule has 0 saturated heterocycles. The number of aryl methyl sites for hydroxylation is 1. The second-order valence-corrected chi connectivity index (χ2v) is 7.45. The van der Waals surface area contributed by atoms with Crippen LogP contribution in [0, 0.1) is 6.92 Å². The third kappa shape index (κ3) is 5.34. The lowest BCUT2D eigenvalue weighted by Gasteiger charge is -2.07. The average molecular weight is 451 g/mol. The van der Waals surface area contributed by atoms with Crippen LogP contribution in [0.25, 0.3) is 10.8 Å². The van der Waals surface area contributed by atoms with Crippen LogP contribution in [0.2, 0.25) is 0 Å². The normalized spacial score (nSPS) is 10.7. The Morgan fingerprint density at radius 3 is 2.29 bits per heavy atom. The van der Waals surface area contributed by atoms with Crippen molar-refractivity contribution in [2.24, 2.45) is 5.10 Å². The highest BCUT2D eigenvalue weighted by Gasteiger charge is 2.14. The number of benzene rings is 4. The summed E-state index contributed by atoms with van der Waals surface area (Å²) in [6, 6.07) is 26.8. The van der Waals surface area contributed by atoms with E-state index in [0.717, 1.165) is 16.3 Å². The van der Waals surface area contributed by atoms with E-state index in [9.17, 15) is 14.4 Å². The quantitative estimate of drug-likeness (QED) is 0.154. The maximum absolute atomic E-state index is 12.6. The molecular weight excluding hydrogens is 430 g/mol. The Balaban J connectivity index is 1.33. The van der Waals surface area contributed by atoms with Crippen LogP contribution in [0.15, 0.2) is 96.1 Å². The molecule has 0 unspecified atom stereocenters. The summed E-state index contributed by atoms with van der Waals surface area (Å²) < 4.78 is 5.50. The maximum atomic E-state index is 12.6. The van der Waals surface area contributed by atoms with Crippen LogP contribution in [0.1, 0.15) is 21.5 Å². The molecule has 0 aromatic heterocycles. The number of nitrogens with zero attached hydrogens (tertiary/aromatic N) is 1. The van der Waals surface area contributed by atoms with E-state index < -0.39 is 17.8 Å². The number of hydrazone groups is 1. The Bertz CT molecular complexity index is 1390. The summed E-state index contributed by atoms with van der Waals surface area (Å²) in [5, 5.41) is 8.12. The molecule has 0 spiro atoms. The molecule has 0 aliphatic heterocycles. The molecule has 168 valence electrons. The van der Waals surface area contributed by atoms with Crippen LogP contribution in [-0.2, 0) is 9.59 Å². The second-order valence-electron chi connectivity index (χ2n) is 7.45. The lowest BCUT2D eigenvalue weighted by atomic mass is 10.0. The molecule has 0 bridgehead atoms. The average Bonchev–Trinajstić information content (AvgIpc) is 2.86. The predicted octanol–water partition coefficient (Wildman–Crippen LogP) is 4.46. The van der Waals surface area contributed by atoms with Crippen LogP contribution in [-0.4, -0.2) is 24.0 Å². The third-order valence-electron chi connectivity index (χ3n) is 5.08. The first-order valence-electron chi connectivity index (χ1n) is 10.5. The minimum Gasteiger partial charge on any atom is -0.423 e. The van der Waals surface area contributed by atoms with Gasteiger partial charge in [0.05, 0.1) is 11.8 Å². The molecule has 0 fully saturated rings. The van der Waals surface area contributed by atoms with Crippen molar-refractivity contribution in [3.05, 3.63) is 108 Å². The third-order valence-corrected chi connectivity index (χ3v) is 5.08. The zero-order chi connectivity index (χ0) is 23.9. The fourth-order valence-electron chi connectivity index (χ4n) is 3.30. The summed E-state index contributed by atoms with van der Waals surface area (Å²) in [5.41, 5.74) is 4.71. The minimum atomic E-state index is -0.889. The zero-order valence-electron chi connectivity index (χ0n) is 18.3. The number of hydrogen-bond acceptors (Lipinski definition) is 5. The summed E-state index contributed by atoms with van der Waals surface area (Å²) in [6.45, 7) is 1.83. The number of carbonyl (C=O) groups is 3. The summed E-state index contributed by atoms with van der Waals surface area (Å²) in [4.78, 5) is 36.6. The predicted molar refractivity (Wildman–Crippen MR) is 131 cm³/mol. The highest BCUT2D eigenvalue weighted by molar-refractivity contribution is 6.39. The SMILES string of the molecule is Cc1ccccc1NC(=O)C(=O)N/N=C\c1ccc(OC(=O)c2cccc3ccccc23)cc1. The highest BCUT2D eigenvalue weighted by atomic mass is 16.5. The van der Waals surface area contributed by atoms with Gasteiger partial charge in [0.15, 0.2) is 0 Å². The van der Waals surface area contributed by atoms with E-state index in [0.29, 0.717) is 22.6 Å². The minimum absolute atomic E-state index is 0.372. The number of amides is 2. The van der Waals surface area contributed by atoms with Crippen molar-refractivity contribution >= 4 is 40.5 Å².